The number of nitrogens with one attached hydrogen (secondary N) is 1. The van der Waals surface area contributed by atoms with E-state index in [9.17, 15) is 9.59 Å². The van der Waals surface area contributed by atoms with Crippen LogP contribution in [0.15, 0.2) is 16.1 Å². The topological polar surface area (TPSA) is 73.2 Å². The number of fused-ring (bicyclic) bond motifs is 1. The number of carbonyl (C=O) groups excluding carboxylic acids is 1. The minimum absolute atomic E-state index is 0.110. The maximum Gasteiger partial charge on any atom is 0.267 e. The fourth-order valence-electron chi connectivity index (χ4n) is 1.69. The van der Waals surface area contributed by atoms with Crippen molar-refractivity contribution < 1.29 is 9.53 Å². The smallest absolute Gasteiger partial charge is 0.267 e. The minimum Gasteiger partial charge on any atom is -0.385 e. The van der Waals surface area contributed by atoms with E-state index in [1.807, 2.05) is 0 Å². The molecule has 0 atom stereocenters. The van der Waals surface area contributed by atoms with Crippen molar-refractivity contribution in [3.05, 3.63) is 22.1 Å². The lowest BCUT2D eigenvalue weighted by Crippen LogP contribution is -2.34. The largest absolute Gasteiger partial charge is 0.385 e. The first-order chi connectivity index (χ1) is 8.74. The van der Waals surface area contributed by atoms with Crippen LogP contribution < -0.4 is 10.9 Å². The van der Waals surface area contributed by atoms with Gasteiger partial charge in [0.25, 0.3) is 11.5 Å². The van der Waals surface area contributed by atoms with Crippen molar-refractivity contribution in [1.82, 2.24) is 14.9 Å². The number of ether oxygens (including phenoxy) is 1. The third-order valence-corrected chi connectivity index (χ3v) is 3.58. The van der Waals surface area contributed by atoms with Crippen LogP contribution in [0, 0.1) is 0 Å². The number of carbonyl (C=O) groups is 1. The van der Waals surface area contributed by atoms with E-state index in [2.05, 4.69) is 10.3 Å². The van der Waals surface area contributed by atoms with Gasteiger partial charge in [-0.25, -0.2) is 4.98 Å². The molecule has 0 saturated carbocycles. The van der Waals surface area contributed by atoms with E-state index in [0.29, 0.717) is 24.9 Å². The Balaban J connectivity index is 2.05. The molecular formula is C11H15N3O3S. The lowest BCUT2D eigenvalue weighted by Gasteiger charge is -2.06. The third-order valence-electron chi connectivity index (χ3n) is 2.61. The molecule has 1 aromatic heterocycles. The number of thioether (sulfide) groups is 1. The normalized spacial score (nSPS) is 13.4. The molecule has 98 valence electrons. The van der Waals surface area contributed by atoms with Gasteiger partial charge in [0.1, 0.15) is 5.56 Å². The quantitative estimate of drug-likeness (QED) is 0.607. The Morgan fingerprint density at radius 2 is 2.50 bits per heavy atom. The highest BCUT2D eigenvalue weighted by Gasteiger charge is 2.19. The van der Waals surface area contributed by atoms with Crippen LogP contribution in [0.3, 0.4) is 0 Å². The number of methoxy groups -OCH3 is 1. The van der Waals surface area contributed by atoms with E-state index >= 15 is 0 Å². The zero-order valence-electron chi connectivity index (χ0n) is 10.1. The van der Waals surface area contributed by atoms with Crippen molar-refractivity contribution in [2.45, 2.75) is 18.1 Å². The molecule has 1 aromatic rings. The van der Waals surface area contributed by atoms with Gasteiger partial charge in [0, 0.05) is 38.8 Å². The van der Waals surface area contributed by atoms with Crippen LogP contribution in [0.1, 0.15) is 16.8 Å². The zero-order valence-corrected chi connectivity index (χ0v) is 11.0. The van der Waals surface area contributed by atoms with Crippen molar-refractivity contribution in [2.24, 2.45) is 0 Å². The van der Waals surface area contributed by atoms with Crippen molar-refractivity contribution in [2.75, 3.05) is 26.0 Å². The second-order valence-electron chi connectivity index (χ2n) is 3.86. The average Bonchev–Trinajstić information content (AvgIpc) is 2.84. The summed E-state index contributed by atoms with van der Waals surface area (Å²) in [6, 6.07) is 0. The van der Waals surface area contributed by atoms with E-state index in [0.717, 1.165) is 12.2 Å². The van der Waals surface area contributed by atoms with Gasteiger partial charge in [0.15, 0.2) is 5.16 Å². The Hall–Kier alpha value is -1.34. The van der Waals surface area contributed by atoms with Gasteiger partial charge in [-0.05, 0) is 6.42 Å². The lowest BCUT2D eigenvalue weighted by molar-refractivity contribution is 0.0945. The molecule has 1 aliphatic rings. The van der Waals surface area contributed by atoms with E-state index in [1.54, 1.807) is 11.7 Å². The molecule has 0 bridgehead atoms. The fraction of sp³-hybridized carbons (Fsp3) is 0.545. The van der Waals surface area contributed by atoms with Crippen LogP contribution in [0.25, 0.3) is 0 Å². The average molecular weight is 269 g/mol. The molecule has 7 heteroatoms. The minimum atomic E-state index is -0.365. The molecule has 2 rings (SSSR count). The highest BCUT2D eigenvalue weighted by atomic mass is 32.2. The third kappa shape index (κ3) is 2.73. The molecule has 0 saturated heterocycles. The molecule has 1 N–H and O–H groups in total. The van der Waals surface area contributed by atoms with Gasteiger partial charge < -0.3 is 10.1 Å². The highest BCUT2D eigenvalue weighted by Crippen LogP contribution is 2.20. The molecule has 0 aliphatic carbocycles. The van der Waals surface area contributed by atoms with Gasteiger partial charge in [-0.15, -0.1) is 0 Å². The van der Waals surface area contributed by atoms with E-state index in [1.165, 1.54) is 18.0 Å². The molecule has 2 heterocycles. The van der Waals surface area contributed by atoms with Crippen molar-refractivity contribution in [3.63, 3.8) is 0 Å². The molecule has 1 aliphatic heterocycles. The first kappa shape index (κ1) is 13.1. The van der Waals surface area contributed by atoms with E-state index in [4.69, 9.17) is 4.74 Å². The SMILES string of the molecule is COCCCNC(=O)c1cnc2n(c1=O)CCS2. The van der Waals surface area contributed by atoms with Crippen LogP contribution in [0.2, 0.25) is 0 Å². The summed E-state index contributed by atoms with van der Waals surface area (Å²) >= 11 is 1.53. The van der Waals surface area contributed by atoms with Crippen molar-refractivity contribution in [3.8, 4) is 0 Å². The molecule has 0 unspecified atom stereocenters. The van der Waals surface area contributed by atoms with Crippen LogP contribution in [0.4, 0.5) is 0 Å². The number of aromatic nitrogens is 2. The Morgan fingerprint density at radius 1 is 1.67 bits per heavy atom. The van der Waals surface area contributed by atoms with Gasteiger partial charge in [-0.3, -0.25) is 14.2 Å². The van der Waals surface area contributed by atoms with Gasteiger partial charge >= 0.3 is 0 Å². The number of hydrogen-bond donors (Lipinski definition) is 1. The molecule has 18 heavy (non-hydrogen) atoms. The summed E-state index contributed by atoms with van der Waals surface area (Å²) in [5.74, 6) is 0.469. The standard InChI is InChI=1S/C11H15N3O3S/c1-17-5-2-3-12-9(15)8-7-13-11-14(10(8)16)4-6-18-11/h7H,2-6H2,1H3,(H,12,15). The highest BCUT2D eigenvalue weighted by molar-refractivity contribution is 7.99. The Labute approximate surface area is 109 Å². The number of hydrogen-bond acceptors (Lipinski definition) is 5. The maximum atomic E-state index is 12.0. The Morgan fingerprint density at radius 3 is 3.28 bits per heavy atom. The molecule has 0 radical (unpaired) electrons. The zero-order chi connectivity index (χ0) is 13.0. The van der Waals surface area contributed by atoms with E-state index in [-0.39, 0.29) is 17.0 Å². The lowest BCUT2D eigenvalue weighted by atomic mass is 10.3. The van der Waals surface area contributed by atoms with Crippen LogP contribution in [-0.2, 0) is 11.3 Å². The summed E-state index contributed by atoms with van der Waals surface area (Å²) in [5.41, 5.74) is -0.145. The summed E-state index contributed by atoms with van der Waals surface area (Å²) in [6.45, 7) is 1.69. The summed E-state index contributed by atoms with van der Waals surface area (Å²) in [4.78, 5) is 28.0. The van der Waals surface area contributed by atoms with Crippen molar-refractivity contribution in [1.29, 1.82) is 0 Å². The van der Waals surface area contributed by atoms with Gasteiger partial charge in [-0.2, -0.15) is 0 Å². The number of amides is 1. The van der Waals surface area contributed by atoms with Gasteiger partial charge in [0.05, 0.1) is 0 Å². The molecular weight excluding hydrogens is 254 g/mol. The van der Waals surface area contributed by atoms with Crippen LogP contribution in [-0.4, -0.2) is 41.5 Å². The molecule has 1 amide bonds. The molecule has 0 fully saturated rings. The second-order valence-corrected chi connectivity index (χ2v) is 4.92. The first-order valence-corrected chi connectivity index (χ1v) is 6.72. The number of nitrogens with zero attached hydrogens (tertiary/aromatic N) is 2. The maximum absolute atomic E-state index is 12.0. The van der Waals surface area contributed by atoms with E-state index < -0.39 is 0 Å². The number of rotatable bonds is 5. The summed E-state index contributed by atoms with van der Waals surface area (Å²) in [6.07, 6.45) is 2.08. The molecule has 0 spiro atoms. The van der Waals surface area contributed by atoms with Gasteiger partial charge in [0.2, 0.25) is 0 Å². The predicted octanol–water partition coefficient (Wildman–Crippen LogP) is 0.115. The Bertz CT molecular complexity index is 501. The van der Waals surface area contributed by atoms with Crippen LogP contribution in [0.5, 0.6) is 0 Å². The monoisotopic (exact) mass is 269 g/mol. The Kier molecular flexibility index (Phi) is 4.38. The molecule has 6 nitrogen and oxygen atoms in total. The van der Waals surface area contributed by atoms with Gasteiger partial charge in [-0.1, -0.05) is 11.8 Å². The first-order valence-electron chi connectivity index (χ1n) is 5.74. The summed E-state index contributed by atoms with van der Waals surface area (Å²) < 4.78 is 6.43. The second kappa shape index (κ2) is 6.01. The van der Waals surface area contributed by atoms with Crippen LogP contribution >= 0.6 is 11.8 Å². The summed E-state index contributed by atoms with van der Waals surface area (Å²) in [7, 11) is 1.61. The summed E-state index contributed by atoms with van der Waals surface area (Å²) in [5, 5.41) is 3.38. The predicted molar refractivity (Wildman–Crippen MR) is 68.0 cm³/mol. The molecule has 0 aromatic carbocycles. The fourth-order valence-corrected chi connectivity index (χ4v) is 2.60. The van der Waals surface area contributed by atoms with Crippen molar-refractivity contribution >= 4 is 17.7 Å².